The molecule has 1 fully saturated rings. The molecule has 1 aromatic heterocycles. The van der Waals surface area contributed by atoms with Crippen LogP contribution >= 0.6 is 0 Å². The Kier molecular flexibility index (Phi) is 3.39. The number of anilines is 1. The van der Waals surface area contributed by atoms with E-state index in [0.717, 1.165) is 12.8 Å². The van der Waals surface area contributed by atoms with E-state index in [2.05, 4.69) is 9.82 Å². The van der Waals surface area contributed by atoms with Gasteiger partial charge < -0.3 is 5.73 Å². The van der Waals surface area contributed by atoms with Gasteiger partial charge in [0.25, 0.3) is 0 Å². The Balaban J connectivity index is 2.09. The van der Waals surface area contributed by atoms with Crippen molar-refractivity contribution in [1.82, 2.24) is 14.5 Å². The van der Waals surface area contributed by atoms with Crippen molar-refractivity contribution in [3.8, 4) is 0 Å². The van der Waals surface area contributed by atoms with Crippen LogP contribution in [0.1, 0.15) is 26.2 Å². The molecule has 7 heteroatoms. The number of nitrogens with two attached hydrogens (primary N) is 1. The van der Waals surface area contributed by atoms with Gasteiger partial charge >= 0.3 is 0 Å². The van der Waals surface area contributed by atoms with Crippen LogP contribution in [0.15, 0.2) is 11.1 Å². The first-order chi connectivity index (χ1) is 8.03. The zero-order valence-electron chi connectivity index (χ0n) is 9.89. The predicted octanol–water partition coefficient (Wildman–Crippen LogP) is 0.564. The van der Waals surface area contributed by atoms with Gasteiger partial charge in [-0.2, -0.15) is 5.10 Å². The van der Waals surface area contributed by atoms with Crippen molar-refractivity contribution < 1.29 is 8.42 Å². The lowest BCUT2D eigenvalue weighted by Gasteiger charge is -2.25. The highest BCUT2D eigenvalue weighted by Gasteiger charge is 2.24. The van der Waals surface area contributed by atoms with Gasteiger partial charge in [0.2, 0.25) is 10.0 Å². The molecule has 3 N–H and O–H groups in total. The second-order valence-electron chi connectivity index (χ2n) is 4.38. The summed E-state index contributed by atoms with van der Waals surface area (Å²) in [5.74, 6) is 0.542. The summed E-state index contributed by atoms with van der Waals surface area (Å²) in [4.78, 5) is 0.0821. The minimum Gasteiger partial charge on any atom is -0.381 e. The maximum Gasteiger partial charge on any atom is 0.245 e. The summed E-state index contributed by atoms with van der Waals surface area (Å²) in [6, 6.07) is 0. The summed E-state index contributed by atoms with van der Waals surface area (Å²) < 4.78 is 28.1. The molecule has 0 saturated heterocycles. The highest BCUT2D eigenvalue weighted by Crippen LogP contribution is 2.26. The van der Waals surface area contributed by atoms with Crippen molar-refractivity contribution >= 4 is 15.8 Å². The first kappa shape index (κ1) is 12.4. The minimum absolute atomic E-state index is 0.0629. The van der Waals surface area contributed by atoms with E-state index in [4.69, 9.17) is 5.73 Å². The molecular weight excluding hydrogens is 240 g/mol. The van der Waals surface area contributed by atoms with Crippen LogP contribution in [-0.2, 0) is 16.6 Å². The number of hydrogen-bond acceptors (Lipinski definition) is 4. The van der Waals surface area contributed by atoms with Crippen LogP contribution in [0, 0.1) is 5.92 Å². The molecule has 1 heterocycles. The fraction of sp³-hybridized carbons (Fsp3) is 0.700. The van der Waals surface area contributed by atoms with Gasteiger partial charge in [0.1, 0.15) is 4.90 Å². The van der Waals surface area contributed by atoms with Crippen molar-refractivity contribution in [3.05, 3.63) is 6.20 Å². The van der Waals surface area contributed by atoms with Gasteiger partial charge in [-0.1, -0.05) is 6.42 Å². The lowest BCUT2D eigenvalue weighted by Crippen LogP contribution is -2.32. The third-order valence-corrected chi connectivity index (χ3v) is 4.60. The second kappa shape index (κ2) is 4.66. The predicted molar refractivity (Wildman–Crippen MR) is 64.8 cm³/mol. The number of nitrogen functional groups attached to an aromatic ring is 1. The van der Waals surface area contributed by atoms with Crippen molar-refractivity contribution in [1.29, 1.82) is 0 Å². The summed E-state index contributed by atoms with van der Waals surface area (Å²) in [5.41, 5.74) is 5.60. The Hall–Kier alpha value is -1.08. The maximum atomic E-state index is 12.0. The molecule has 0 atom stereocenters. The molecule has 1 aliphatic rings. The Morgan fingerprint density at radius 3 is 2.76 bits per heavy atom. The van der Waals surface area contributed by atoms with E-state index in [9.17, 15) is 8.42 Å². The van der Waals surface area contributed by atoms with Gasteiger partial charge in [-0.3, -0.25) is 4.68 Å². The average Bonchev–Trinajstić information content (AvgIpc) is 2.58. The zero-order chi connectivity index (χ0) is 12.5. The average molecular weight is 258 g/mol. The molecule has 1 aliphatic carbocycles. The number of hydrogen-bond donors (Lipinski definition) is 2. The SMILES string of the molecule is CCn1cc(S(=O)(=O)NCC2CCC2)c(N)n1. The van der Waals surface area contributed by atoms with Crippen molar-refractivity contribution in [2.75, 3.05) is 12.3 Å². The summed E-state index contributed by atoms with van der Waals surface area (Å²) >= 11 is 0. The number of rotatable bonds is 5. The molecule has 0 radical (unpaired) electrons. The van der Waals surface area contributed by atoms with Crippen molar-refractivity contribution in [3.63, 3.8) is 0 Å². The molecule has 1 aromatic rings. The summed E-state index contributed by atoms with van der Waals surface area (Å²) in [7, 11) is -3.51. The highest BCUT2D eigenvalue weighted by atomic mass is 32.2. The molecule has 0 amide bonds. The van der Waals surface area contributed by atoms with Crippen LogP contribution in [0.4, 0.5) is 5.82 Å². The third kappa shape index (κ3) is 2.61. The Morgan fingerprint density at radius 1 is 1.59 bits per heavy atom. The van der Waals surface area contributed by atoms with Crippen LogP contribution in [-0.4, -0.2) is 24.7 Å². The van der Waals surface area contributed by atoms with Crippen LogP contribution < -0.4 is 10.5 Å². The number of aryl methyl sites for hydroxylation is 1. The van der Waals surface area contributed by atoms with E-state index in [0.29, 0.717) is 19.0 Å². The zero-order valence-corrected chi connectivity index (χ0v) is 10.7. The monoisotopic (exact) mass is 258 g/mol. The first-order valence-corrected chi connectivity index (χ1v) is 7.34. The van der Waals surface area contributed by atoms with Crippen molar-refractivity contribution in [2.24, 2.45) is 5.92 Å². The van der Waals surface area contributed by atoms with Crippen LogP contribution in [0.3, 0.4) is 0 Å². The van der Waals surface area contributed by atoms with Crippen LogP contribution in [0.25, 0.3) is 0 Å². The number of aromatic nitrogens is 2. The highest BCUT2D eigenvalue weighted by molar-refractivity contribution is 7.89. The molecular formula is C10H18N4O2S. The smallest absolute Gasteiger partial charge is 0.245 e. The maximum absolute atomic E-state index is 12.0. The Labute approximate surface area is 101 Å². The molecule has 6 nitrogen and oxygen atoms in total. The largest absolute Gasteiger partial charge is 0.381 e. The summed E-state index contributed by atoms with van der Waals surface area (Å²) in [6.45, 7) is 2.98. The fourth-order valence-corrected chi connectivity index (χ4v) is 2.98. The minimum atomic E-state index is -3.51. The van der Waals surface area contributed by atoms with E-state index in [1.54, 1.807) is 0 Å². The summed E-state index contributed by atoms with van der Waals surface area (Å²) in [6.07, 6.45) is 4.87. The summed E-state index contributed by atoms with van der Waals surface area (Å²) in [5, 5.41) is 3.93. The van der Waals surface area contributed by atoms with E-state index in [1.807, 2.05) is 6.92 Å². The number of nitrogens with one attached hydrogen (secondary N) is 1. The molecule has 0 spiro atoms. The molecule has 0 unspecified atom stereocenters. The van der Waals surface area contributed by atoms with Gasteiger partial charge in [-0.25, -0.2) is 13.1 Å². The number of nitrogens with zero attached hydrogens (tertiary/aromatic N) is 2. The normalized spacial score (nSPS) is 17.0. The molecule has 1 saturated carbocycles. The molecule has 0 aromatic carbocycles. The van der Waals surface area contributed by atoms with E-state index < -0.39 is 10.0 Å². The quantitative estimate of drug-likeness (QED) is 0.807. The fourth-order valence-electron chi connectivity index (χ4n) is 1.79. The third-order valence-electron chi connectivity index (χ3n) is 3.16. The van der Waals surface area contributed by atoms with Gasteiger partial charge in [-0.15, -0.1) is 0 Å². The van der Waals surface area contributed by atoms with E-state index in [1.165, 1.54) is 17.3 Å². The first-order valence-electron chi connectivity index (χ1n) is 5.85. The van der Waals surface area contributed by atoms with Crippen LogP contribution in [0.5, 0.6) is 0 Å². The van der Waals surface area contributed by atoms with Gasteiger partial charge in [0.05, 0.1) is 0 Å². The Bertz CT molecular complexity index is 490. The van der Waals surface area contributed by atoms with Crippen LogP contribution in [0.2, 0.25) is 0 Å². The molecule has 0 aliphatic heterocycles. The van der Waals surface area contributed by atoms with Gasteiger partial charge in [-0.05, 0) is 25.7 Å². The lowest BCUT2D eigenvalue weighted by atomic mass is 9.86. The standard InChI is InChI=1S/C10H18N4O2S/c1-2-14-7-9(10(11)13-14)17(15,16)12-6-8-4-3-5-8/h7-8,12H,2-6H2,1H3,(H2,11,13). The van der Waals surface area contributed by atoms with Gasteiger partial charge in [0, 0.05) is 19.3 Å². The molecule has 96 valence electrons. The topological polar surface area (TPSA) is 90.0 Å². The van der Waals surface area contributed by atoms with Gasteiger partial charge in [0.15, 0.2) is 5.82 Å². The van der Waals surface area contributed by atoms with E-state index in [-0.39, 0.29) is 10.7 Å². The second-order valence-corrected chi connectivity index (χ2v) is 6.12. The molecule has 2 rings (SSSR count). The van der Waals surface area contributed by atoms with Crippen molar-refractivity contribution in [2.45, 2.75) is 37.6 Å². The molecule has 0 bridgehead atoms. The Morgan fingerprint density at radius 2 is 2.29 bits per heavy atom. The van der Waals surface area contributed by atoms with E-state index >= 15 is 0 Å². The molecule has 17 heavy (non-hydrogen) atoms. The number of sulfonamides is 1. The lowest BCUT2D eigenvalue weighted by molar-refractivity contribution is 0.316.